The second kappa shape index (κ2) is 14.8. The number of phenols is 2. The highest BCUT2D eigenvalue weighted by Crippen LogP contribution is 2.43. The number of aromatic hydroxyl groups is 2. The van der Waals surface area contributed by atoms with E-state index in [1.54, 1.807) is 4.90 Å². The smallest absolute Gasteiger partial charge is 0.352 e. The number of piperidine rings is 1. The molecule has 17 nitrogen and oxygen atoms in total. The summed E-state index contributed by atoms with van der Waals surface area (Å²) in [5.74, 6) is -4.79. The molecule has 0 radical (unpaired) electrons. The zero-order chi connectivity index (χ0) is 37.5. The number of β-lactam (4-membered cyclic amide) rings is 1. The third-order valence-corrected chi connectivity index (χ3v) is 12.4. The molecule has 20 heteroatoms. The van der Waals surface area contributed by atoms with Crippen LogP contribution in [0, 0.1) is 0 Å². The molecule has 0 saturated carbocycles. The van der Waals surface area contributed by atoms with Gasteiger partial charge in [0.2, 0.25) is 6.10 Å². The maximum atomic E-state index is 13.6. The number of phenolic OH excluding ortho intramolecular Hbond substituents is 2. The number of rotatable bonds is 11. The van der Waals surface area contributed by atoms with Gasteiger partial charge in [0.15, 0.2) is 22.3 Å². The number of nitrogens with zero attached hydrogens (tertiary/aromatic N) is 5. The molecule has 3 amide bonds. The van der Waals surface area contributed by atoms with E-state index in [1.807, 2.05) is 0 Å². The fourth-order valence-corrected chi connectivity index (χ4v) is 9.56. The first-order chi connectivity index (χ1) is 24.7. The number of benzene rings is 1. The molecule has 3 fully saturated rings. The van der Waals surface area contributed by atoms with E-state index in [2.05, 4.69) is 15.5 Å². The number of thiazole rings is 1. The molecule has 0 spiro atoms. The van der Waals surface area contributed by atoms with Gasteiger partial charge in [0, 0.05) is 55.7 Å². The Balaban J connectivity index is 1.17. The van der Waals surface area contributed by atoms with E-state index in [0.29, 0.717) is 48.3 Å². The number of amides is 3. The maximum Gasteiger partial charge on any atom is 0.352 e. The number of aliphatic carboxylic acids is 2. The summed E-state index contributed by atoms with van der Waals surface area (Å²) in [6, 6.07) is 3.02. The number of carboxylic acid groups (broad SMARTS) is 2. The Labute approximate surface area is 310 Å². The first-order valence-corrected chi connectivity index (χ1v) is 18.7. The number of nitrogen functional groups attached to an aromatic ring is 1. The Morgan fingerprint density at radius 3 is 2.44 bits per heavy atom. The van der Waals surface area contributed by atoms with E-state index in [9.17, 15) is 44.4 Å². The zero-order valence-corrected chi connectivity index (χ0v) is 30.2. The molecule has 1 aromatic carbocycles. The minimum Gasteiger partial charge on any atom is -0.504 e. The van der Waals surface area contributed by atoms with Gasteiger partial charge < -0.3 is 45.7 Å². The van der Waals surface area contributed by atoms with Gasteiger partial charge in [-0.3, -0.25) is 19.3 Å². The van der Waals surface area contributed by atoms with Crippen LogP contribution in [0.3, 0.4) is 0 Å². The van der Waals surface area contributed by atoms with E-state index < -0.39 is 47.0 Å². The van der Waals surface area contributed by atoms with Crippen molar-refractivity contribution in [3.8, 4) is 11.5 Å². The number of hydrogen-bond acceptors (Lipinski definition) is 13. The molecule has 0 aliphatic carbocycles. The van der Waals surface area contributed by atoms with Crippen LogP contribution in [0.5, 0.6) is 11.5 Å². The lowest BCUT2D eigenvalue weighted by atomic mass is 9.97. The van der Waals surface area contributed by atoms with Crippen LogP contribution >= 0.6 is 34.7 Å². The van der Waals surface area contributed by atoms with Crippen molar-refractivity contribution in [2.75, 3.05) is 44.2 Å². The van der Waals surface area contributed by atoms with Crippen molar-refractivity contribution in [2.24, 2.45) is 5.16 Å². The van der Waals surface area contributed by atoms with Crippen molar-refractivity contribution >= 4 is 75.2 Å². The number of quaternary nitrogens is 1. The van der Waals surface area contributed by atoms with Crippen molar-refractivity contribution in [1.29, 1.82) is 0 Å². The van der Waals surface area contributed by atoms with Gasteiger partial charge in [-0.15, -0.1) is 11.8 Å². The lowest BCUT2D eigenvalue weighted by Gasteiger charge is -2.51. The van der Waals surface area contributed by atoms with Gasteiger partial charge in [0.1, 0.15) is 33.7 Å². The largest absolute Gasteiger partial charge is 0.504 e. The van der Waals surface area contributed by atoms with Gasteiger partial charge in [-0.1, -0.05) is 28.1 Å². The molecular formula is C32H37ClN7O10S2+. The Kier molecular flexibility index (Phi) is 10.6. The predicted octanol–water partition coefficient (Wildman–Crippen LogP) is 1.64. The first-order valence-electron chi connectivity index (χ1n) is 16.5. The molecule has 7 N–H and O–H groups in total. The molecule has 4 aliphatic heterocycles. The molecule has 1 aromatic heterocycles. The summed E-state index contributed by atoms with van der Waals surface area (Å²) in [4.78, 5) is 76.1. The molecule has 1 unspecified atom stereocenters. The highest BCUT2D eigenvalue weighted by molar-refractivity contribution is 8.00. The summed E-state index contributed by atoms with van der Waals surface area (Å²) in [6.45, 7) is 4.23. The number of oxime groups is 1. The molecule has 3 saturated heterocycles. The molecule has 6 rings (SSSR count). The lowest BCUT2D eigenvalue weighted by molar-refractivity contribution is -0.937. The van der Waals surface area contributed by atoms with Crippen LogP contribution in [0.15, 0.2) is 34.6 Å². The molecule has 278 valence electrons. The van der Waals surface area contributed by atoms with E-state index in [-0.39, 0.29) is 49.9 Å². The zero-order valence-electron chi connectivity index (χ0n) is 27.9. The van der Waals surface area contributed by atoms with Crippen LogP contribution in [0.2, 0.25) is 4.34 Å². The summed E-state index contributed by atoms with van der Waals surface area (Å²) in [5, 5.41) is 44.6. The van der Waals surface area contributed by atoms with E-state index in [0.717, 1.165) is 37.3 Å². The summed E-state index contributed by atoms with van der Waals surface area (Å²) < 4.78 is 0.634. The van der Waals surface area contributed by atoms with Gasteiger partial charge in [-0.2, -0.15) is 0 Å². The summed E-state index contributed by atoms with van der Waals surface area (Å²) in [7, 11) is 0. The number of thioether (sulfide) groups is 1. The van der Waals surface area contributed by atoms with Crippen molar-refractivity contribution in [1.82, 2.24) is 20.1 Å². The van der Waals surface area contributed by atoms with Gasteiger partial charge in [-0.25, -0.2) is 14.6 Å². The fourth-order valence-electron chi connectivity index (χ4n) is 7.30. The van der Waals surface area contributed by atoms with E-state index in [1.165, 1.54) is 41.8 Å². The van der Waals surface area contributed by atoms with Crippen LogP contribution in [0.1, 0.15) is 48.7 Å². The number of fused-ring (bicyclic) bond motifs is 1. The molecule has 2 aromatic rings. The number of halogens is 1. The standard InChI is InChI=1S/C32H36ClN7O10S2/c1-15(30(46)47)50-37-22(21-25(33)52-32(34)36-21)26(43)35-23-28(45)39-24(31(48)49)17(14-51-29(23)39)13-40(10-2-3-11-40)18-6-8-38(9-7-18)27(44)16-4-5-19(41)20(42)12-16/h4-5,12,15,18,23,29H,2-3,6-11,13-14H2,1H3,(H6-,34,35,36,37,41,42,43,44,46,47,48,49)/p+1/t15-,23?,29+/m0/s1. The summed E-state index contributed by atoms with van der Waals surface area (Å²) in [5.41, 5.74) is 5.86. The van der Waals surface area contributed by atoms with Crippen LogP contribution in [0.4, 0.5) is 5.13 Å². The lowest BCUT2D eigenvalue weighted by Crippen LogP contribution is -2.71. The van der Waals surface area contributed by atoms with E-state index in [4.69, 9.17) is 22.2 Å². The molecule has 4 aliphatic rings. The van der Waals surface area contributed by atoms with Gasteiger partial charge in [-0.05, 0) is 25.1 Å². The third kappa shape index (κ3) is 7.09. The predicted molar refractivity (Wildman–Crippen MR) is 189 cm³/mol. The second-order valence-electron chi connectivity index (χ2n) is 13.1. The highest BCUT2D eigenvalue weighted by Gasteiger charge is 2.56. The normalized spacial score (nSPS) is 22.4. The molecule has 3 atom stereocenters. The number of nitrogens with one attached hydrogen (secondary N) is 1. The average Bonchev–Trinajstić information content (AvgIpc) is 3.73. The maximum absolute atomic E-state index is 13.6. The van der Waals surface area contributed by atoms with Crippen molar-refractivity contribution in [3.05, 3.63) is 45.1 Å². The third-order valence-electron chi connectivity index (χ3n) is 9.94. The number of aromatic nitrogens is 1. The Morgan fingerprint density at radius 1 is 1.15 bits per heavy atom. The molecule has 0 bridgehead atoms. The Morgan fingerprint density at radius 2 is 1.85 bits per heavy atom. The number of carbonyl (C=O) groups excluding carboxylic acids is 3. The topological polar surface area (TPSA) is 245 Å². The molecule has 52 heavy (non-hydrogen) atoms. The fraction of sp³-hybridized carbons (Fsp3) is 0.469. The van der Waals surface area contributed by atoms with Crippen LogP contribution in [-0.2, 0) is 24.0 Å². The monoisotopic (exact) mass is 778 g/mol. The number of carboxylic acids is 2. The van der Waals surface area contributed by atoms with E-state index >= 15 is 0 Å². The average molecular weight is 779 g/mol. The Bertz CT molecular complexity index is 1870. The summed E-state index contributed by atoms with van der Waals surface area (Å²) in [6.07, 6.45) is 1.87. The number of nitrogens with two attached hydrogens (primary N) is 1. The molecule has 5 heterocycles. The van der Waals surface area contributed by atoms with Crippen LogP contribution in [0.25, 0.3) is 0 Å². The molecular weight excluding hydrogens is 742 g/mol. The quantitative estimate of drug-likeness (QED) is 0.0626. The van der Waals surface area contributed by atoms with Crippen molar-refractivity contribution in [3.63, 3.8) is 0 Å². The van der Waals surface area contributed by atoms with Gasteiger partial charge in [0.25, 0.3) is 17.7 Å². The first kappa shape index (κ1) is 37.2. The van der Waals surface area contributed by atoms with Crippen molar-refractivity contribution < 1.29 is 53.7 Å². The minimum atomic E-state index is -1.42. The SMILES string of the molecule is C[C@H](ON=C(C(=O)NC1C(=O)N2C(C(=O)O)=C(C[N+]3(C4CCN(C(=O)c5ccc(O)c(O)c5)CC4)CCCC3)CS[C@H]12)c1nc(N)sc1Cl)C(=O)O. The Hall–Kier alpha value is -4.59. The van der Waals surface area contributed by atoms with Crippen LogP contribution in [-0.4, -0.2) is 137 Å². The van der Waals surface area contributed by atoms with Gasteiger partial charge >= 0.3 is 11.9 Å². The highest BCUT2D eigenvalue weighted by atomic mass is 35.5. The summed E-state index contributed by atoms with van der Waals surface area (Å²) >= 11 is 8.39. The second-order valence-corrected chi connectivity index (χ2v) is 15.8. The number of anilines is 1. The number of carbonyl (C=O) groups is 5. The van der Waals surface area contributed by atoms with Gasteiger partial charge in [0.05, 0.1) is 19.1 Å². The minimum absolute atomic E-state index is 0.0111. The number of likely N-dealkylation sites (tertiary alicyclic amines) is 2. The number of hydrogen-bond donors (Lipinski definition) is 6. The van der Waals surface area contributed by atoms with Crippen molar-refractivity contribution in [2.45, 2.75) is 56.2 Å². The van der Waals surface area contributed by atoms with Crippen LogP contribution < -0.4 is 11.1 Å².